The molecule has 0 aliphatic carbocycles. The summed E-state index contributed by atoms with van der Waals surface area (Å²) in [6.07, 6.45) is 1.30. The normalized spacial score (nSPS) is 21.6. The van der Waals surface area contributed by atoms with Gasteiger partial charge in [-0.2, -0.15) is 4.98 Å². The van der Waals surface area contributed by atoms with Gasteiger partial charge in [0, 0.05) is 44.7 Å². The number of ether oxygens (including phenoxy) is 1. The lowest BCUT2D eigenvalue weighted by molar-refractivity contribution is -0.134. The Bertz CT molecular complexity index is 785. The second-order valence-corrected chi connectivity index (χ2v) is 7.30. The van der Waals surface area contributed by atoms with Gasteiger partial charge in [0.25, 0.3) is 0 Å². The highest BCUT2D eigenvalue weighted by molar-refractivity contribution is 5.77. The van der Waals surface area contributed by atoms with Crippen molar-refractivity contribution in [1.29, 1.82) is 0 Å². The highest BCUT2D eigenvalue weighted by Gasteiger charge is 2.30. The number of hydrogen-bond donors (Lipinski definition) is 0. The molecule has 1 atom stereocenters. The van der Waals surface area contributed by atoms with Crippen LogP contribution in [0.25, 0.3) is 11.4 Å². The molecule has 2 saturated heterocycles. The van der Waals surface area contributed by atoms with E-state index in [0.717, 1.165) is 56.9 Å². The first-order valence-corrected chi connectivity index (χ1v) is 9.68. The number of benzene rings is 1. The van der Waals surface area contributed by atoms with E-state index in [1.54, 1.807) is 0 Å². The Morgan fingerprint density at radius 2 is 2.00 bits per heavy atom. The fourth-order valence-electron chi connectivity index (χ4n) is 3.75. The maximum absolute atomic E-state index is 12.3. The monoisotopic (exact) mass is 370 g/mol. The van der Waals surface area contributed by atoms with Crippen LogP contribution in [0.5, 0.6) is 0 Å². The average Bonchev–Trinajstić information content (AvgIpc) is 3.18. The van der Waals surface area contributed by atoms with Gasteiger partial charge in [-0.25, -0.2) is 0 Å². The third-order valence-corrected chi connectivity index (χ3v) is 5.47. The second kappa shape index (κ2) is 8.19. The van der Waals surface area contributed by atoms with E-state index < -0.39 is 0 Å². The zero-order valence-corrected chi connectivity index (χ0v) is 15.8. The van der Waals surface area contributed by atoms with Gasteiger partial charge < -0.3 is 14.2 Å². The van der Waals surface area contributed by atoms with Crippen LogP contribution < -0.4 is 0 Å². The quantitative estimate of drug-likeness (QED) is 0.803. The maximum Gasteiger partial charge on any atom is 0.231 e. The minimum Gasteiger partial charge on any atom is -0.379 e. The molecule has 27 heavy (non-hydrogen) atoms. The molecule has 1 amide bonds. The molecular weight excluding hydrogens is 344 g/mol. The summed E-state index contributed by atoms with van der Waals surface area (Å²) in [5.41, 5.74) is 2.11. The van der Waals surface area contributed by atoms with Crippen LogP contribution in [-0.4, -0.2) is 71.8 Å². The van der Waals surface area contributed by atoms with E-state index >= 15 is 0 Å². The van der Waals surface area contributed by atoms with Crippen molar-refractivity contribution < 1.29 is 14.1 Å². The van der Waals surface area contributed by atoms with Gasteiger partial charge in [0.15, 0.2) is 0 Å². The van der Waals surface area contributed by atoms with Crippen LogP contribution >= 0.6 is 0 Å². The lowest BCUT2D eigenvalue weighted by Gasteiger charge is -2.34. The molecule has 2 aromatic rings. The number of carbonyl (C=O) groups is 1. The summed E-state index contributed by atoms with van der Waals surface area (Å²) in [4.78, 5) is 21.3. The molecule has 1 aromatic carbocycles. The Hall–Kier alpha value is -2.25. The Balaban J connectivity index is 1.40. The van der Waals surface area contributed by atoms with Crippen molar-refractivity contribution in [2.24, 2.45) is 0 Å². The van der Waals surface area contributed by atoms with E-state index in [-0.39, 0.29) is 11.8 Å². The number of rotatable bonds is 5. The van der Waals surface area contributed by atoms with Gasteiger partial charge in [-0.05, 0) is 18.9 Å². The molecule has 0 unspecified atom stereocenters. The van der Waals surface area contributed by atoms with Crippen LogP contribution in [-0.2, 0) is 9.53 Å². The molecular formula is C20H26N4O3. The predicted octanol–water partition coefficient (Wildman–Crippen LogP) is 2.08. The Morgan fingerprint density at radius 1 is 1.19 bits per heavy atom. The van der Waals surface area contributed by atoms with E-state index in [1.165, 1.54) is 0 Å². The van der Waals surface area contributed by atoms with Crippen molar-refractivity contribution in [1.82, 2.24) is 19.9 Å². The number of piperidine rings is 1. The smallest absolute Gasteiger partial charge is 0.231 e. The van der Waals surface area contributed by atoms with Crippen molar-refractivity contribution in [3.8, 4) is 11.4 Å². The highest BCUT2D eigenvalue weighted by Crippen LogP contribution is 2.28. The summed E-state index contributed by atoms with van der Waals surface area (Å²) in [5, 5.41) is 4.17. The number of carbonyl (C=O) groups excluding carboxylic acids is 1. The molecule has 7 nitrogen and oxygen atoms in total. The standard InChI is InChI=1S/C20H26N4O3/c1-15-4-2-3-5-17(15)19-21-20(27-22-19)16-6-7-18(25)24(14-16)9-8-23-10-12-26-13-11-23/h2-5,16H,6-14H2,1H3/t16-/m0/s1. The highest BCUT2D eigenvalue weighted by atomic mass is 16.5. The molecule has 2 aliphatic heterocycles. The Morgan fingerprint density at radius 3 is 2.81 bits per heavy atom. The minimum atomic E-state index is 0.109. The maximum atomic E-state index is 12.3. The van der Waals surface area contributed by atoms with Gasteiger partial charge in [-0.1, -0.05) is 29.4 Å². The zero-order chi connectivity index (χ0) is 18.6. The second-order valence-electron chi connectivity index (χ2n) is 7.30. The molecule has 1 aromatic heterocycles. The molecule has 4 rings (SSSR count). The summed E-state index contributed by atoms with van der Waals surface area (Å²) >= 11 is 0. The number of aryl methyl sites for hydroxylation is 1. The summed E-state index contributed by atoms with van der Waals surface area (Å²) in [6.45, 7) is 7.76. The van der Waals surface area contributed by atoms with E-state index in [9.17, 15) is 4.79 Å². The summed E-state index contributed by atoms with van der Waals surface area (Å²) < 4.78 is 11.0. The lowest BCUT2D eigenvalue weighted by Crippen LogP contribution is -2.45. The number of likely N-dealkylation sites (tertiary alicyclic amines) is 1. The number of amides is 1. The van der Waals surface area contributed by atoms with E-state index in [1.807, 2.05) is 36.1 Å². The van der Waals surface area contributed by atoms with Crippen LogP contribution in [0, 0.1) is 6.92 Å². The van der Waals surface area contributed by atoms with Gasteiger partial charge in [-0.3, -0.25) is 9.69 Å². The Kier molecular flexibility index (Phi) is 5.50. The molecule has 0 spiro atoms. The van der Waals surface area contributed by atoms with Crippen molar-refractivity contribution in [3.63, 3.8) is 0 Å². The number of morpholine rings is 1. The third kappa shape index (κ3) is 4.20. The molecule has 2 fully saturated rings. The van der Waals surface area contributed by atoms with Crippen LogP contribution in [0.3, 0.4) is 0 Å². The minimum absolute atomic E-state index is 0.109. The number of nitrogens with zero attached hydrogens (tertiary/aromatic N) is 4. The zero-order valence-electron chi connectivity index (χ0n) is 15.8. The van der Waals surface area contributed by atoms with E-state index in [4.69, 9.17) is 9.26 Å². The van der Waals surface area contributed by atoms with Gasteiger partial charge >= 0.3 is 0 Å². The molecule has 7 heteroatoms. The first-order valence-electron chi connectivity index (χ1n) is 9.68. The fraction of sp³-hybridized carbons (Fsp3) is 0.550. The van der Waals surface area contributed by atoms with Gasteiger partial charge in [0.2, 0.25) is 17.6 Å². The van der Waals surface area contributed by atoms with Crippen molar-refractivity contribution in [2.45, 2.75) is 25.7 Å². The van der Waals surface area contributed by atoms with Gasteiger partial charge in [-0.15, -0.1) is 0 Å². The summed E-state index contributed by atoms with van der Waals surface area (Å²) in [6, 6.07) is 8.02. The van der Waals surface area contributed by atoms with Gasteiger partial charge in [0.1, 0.15) is 0 Å². The van der Waals surface area contributed by atoms with Crippen molar-refractivity contribution in [2.75, 3.05) is 45.9 Å². The molecule has 0 bridgehead atoms. The largest absolute Gasteiger partial charge is 0.379 e. The first-order chi connectivity index (χ1) is 13.2. The molecule has 2 aliphatic rings. The fourth-order valence-corrected chi connectivity index (χ4v) is 3.75. The predicted molar refractivity (Wildman–Crippen MR) is 100 cm³/mol. The molecule has 0 N–H and O–H groups in total. The van der Waals surface area contributed by atoms with Crippen LogP contribution in [0.15, 0.2) is 28.8 Å². The van der Waals surface area contributed by atoms with Crippen LogP contribution in [0.1, 0.15) is 30.2 Å². The topological polar surface area (TPSA) is 71.7 Å². The SMILES string of the molecule is Cc1ccccc1-c1noc([C@H]2CCC(=O)N(CCN3CCOCC3)C2)n1. The molecule has 0 saturated carbocycles. The first kappa shape index (κ1) is 18.1. The summed E-state index contributed by atoms with van der Waals surface area (Å²) in [5.74, 6) is 1.59. The van der Waals surface area contributed by atoms with Crippen molar-refractivity contribution in [3.05, 3.63) is 35.7 Å². The summed E-state index contributed by atoms with van der Waals surface area (Å²) in [7, 11) is 0. The van der Waals surface area contributed by atoms with Crippen LogP contribution in [0.4, 0.5) is 0 Å². The third-order valence-electron chi connectivity index (χ3n) is 5.47. The molecule has 144 valence electrons. The van der Waals surface area contributed by atoms with Crippen LogP contribution in [0.2, 0.25) is 0 Å². The van der Waals surface area contributed by atoms with E-state index in [2.05, 4.69) is 15.0 Å². The molecule has 0 radical (unpaired) electrons. The molecule has 3 heterocycles. The lowest BCUT2D eigenvalue weighted by atomic mass is 9.97. The average molecular weight is 370 g/mol. The Labute approximate surface area is 159 Å². The number of hydrogen-bond acceptors (Lipinski definition) is 6. The number of aromatic nitrogens is 2. The van der Waals surface area contributed by atoms with Gasteiger partial charge in [0.05, 0.1) is 19.1 Å². The van der Waals surface area contributed by atoms with E-state index in [0.29, 0.717) is 24.7 Å². The van der Waals surface area contributed by atoms with Crippen molar-refractivity contribution >= 4 is 5.91 Å².